The van der Waals surface area contributed by atoms with Gasteiger partial charge < -0.3 is 10.3 Å². The molecule has 0 aromatic carbocycles. The molecule has 1 aliphatic rings. The monoisotopic (exact) mass is 129 g/mol. The van der Waals surface area contributed by atoms with Crippen molar-refractivity contribution in [2.24, 2.45) is 5.16 Å². The maximum absolute atomic E-state index is 9.02. The molecular weight excluding hydrogens is 118 g/mol. The Morgan fingerprint density at radius 3 is 2.78 bits per heavy atom. The molecule has 0 aliphatic heterocycles. The molecule has 0 spiro atoms. The first-order chi connectivity index (χ1) is 4.33. The van der Waals surface area contributed by atoms with Gasteiger partial charge in [-0.15, -0.1) is 0 Å². The second kappa shape index (κ2) is 2.82. The van der Waals surface area contributed by atoms with E-state index in [9.17, 15) is 0 Å². The van der Waals surface area contributed by atoms with E-state index in [1.807, 2.05) is 0 Å². The van der Waals surface area contributed by atoms with Gasteiger partial charge in [0.25, 0.3) is 0 Å². The highest BCUT2D eigenvalue weighted by Gasteiger charge is 2.14. The van der Waals surface area contributed by atoms with Gasteiger partial charge in [0.15, 0.2) is 0 Å². The molecule has 3 heteroatoms. The zero-order valence-corrected chi connectivity index (χ0v) is 5.25. The number of rotatable bonds is 0. The number of hydrogen-bond acceptors (Lipinski definition) is 3. The van der Waals surface area contributed by atoms with Crippen molar-refractivity contribution in [3.8, 4) is 0 Å². The van der Waals surface area contributed by atoms with Crippen LogP contribution in [-0.4, -0.2) is 22.1 Å². The van der Waals surface area contributed by atoms with Gasteiger partial charge in [-0.2, -0.15) is 0 Å². The van der Waals surface area contributed by atoms with Crippen molar-refractivity contribution in [3.63, 3.8) is 0 Å². The molecule has 0 aromatic heterocycles. The molecule has 0 bridgehead atoms. The lowest BCUT2D eigenvalue weighted by atomic mass is 9.96. The van der Waals surface area contributed by atoms with E-state index in [2.05, 4.69) is 5.16 Å². The first kappa shape index (κ1) is 6.55. The number of oxime groups is 1. The van der Waals surface area contributed by atoms with Crippen molar-refractivity contribution in [1.82, 2.24) is 0 Å². The zero-order chi connectivity index (χ0) is 6.69. The largest absolute Gasteiger partial charge is 0.411 e. The highest BCUT2D eigenvalue weighted by molar-refractivity contribution is 5.84. The van der Waals surface area contributed by atoms with Gasteiger partial charge in [-0.25, -0.2) is 0 Å². The van der Waals surface area contributed by atoms with Crippen LogP contribution < -0.4 is 0 Å². The van der Waals surface area contributed by atoms with Gasteiger partial charge >= 0.3 is 0 Å². The number of aliphatic hydroxyl groups is 1. The number of hydrogen-bond donors (Lipinski definition) is 2. The Kier molecular flexibility index (Phi) is 2.05. The smallest absolute Gasteiger partial charge is 0.0596 e. The quantitative estimate of drug-likeness (QED) is 0.374. The fourth-order valence-electron chi connectivity index (χ4n) is 1.11. The van der Waals surface area contributed by atoms with Crippen molar-refractivity contribution in [3.05, 3.63) is 0 Å². The van der Waals surface area contributed by atoms with Crippen LogP contribution in [0.2, 0.25) is 0 Å². The minimum atomic E-state index is -0.273. The number of aliphatic hydroxyl groups excluding tert-OH is 1. The average molecular weight is 129 g/mol. The third-order valence-electron chi connectivity index (χ3n) is 1.62. The van der Waals surface area contributed by atoms with Gasteiger partial charge in [0.2, 0.25) is 0 Å². The van der Waals surface area contributed by atoms with Crippen LogP contribution in [0.4, 0.5) is 0 Å². The summed E-state index contributed by atoms with van der Waals surface area (Å²) >= 11 is 0. The summed E-state index contributed by atoms with van der Waals surface area (Å²) in [6, 6.07) is 0. The molecule has 1 atom stereocenters. The summed E-state index contributed by atoms with van der Waals surface area (Å²) in [5.41, 5.74) is 0.730. The van der Waals surface area contributed by atoms with E-state index in [0.29, 0.717) is 6.42 Å². The second-order valence-corrected chi connectivity index (χ2v) is 2.42. The predicted molar refractivity (Wildman–Crippen MR) is 33.7 cm³/mol. The molecule has 3 nitrogen and oxygen atoms in total. The molecule has 1 saturated carbocycles. The van der Waals surface area contributed by atoms with Gasteiger partial charge in [0, 0.05) is 6.42 Å². The first-order valence-electron chi connectivity index (χ1n) is 3.21. The summed E-state index contributed by atoms with van der Waals surface area (Å²) in [5.74, 6) is 0. The molecule has 2 N–H and O–H groups in total. The van der Waals surface area contributed by atoms with Crippen LogP contribution in [0.25, 0.3) is 0 Å². The van der Waals surface area contributed by atoms with Crippen LogP contribution in [0.5, 0.6) is 0 Å². The topological polar surface area (TPSA) is 52.8 Å². The Hall–Kier alpha value is -0.570. The lowest BCUT2D eigenvalue weighted by Crippen LogP contribution is -2.18. The van der Waals surface area contributed by atoms with Crippen LogP contribution in [-0.2, 0) is 0 Å². The SMILES string of the molecule is O/N=C1/CCC[C@H](O)C1. The summed E-state index contributed by atoms with van der Waals surface area (Å²) < 4.78 is 0. The Morgan fingerprint density at radius 2 is 2.33 bits per heavy atom. The minimum absolute atomic E-state index is 0.273. The maximum Gasteiger partial charge on any atom is 0.0596 e. The third-order valence-corrected chi connectivity index (χ3v) is 1.62. The molecule has 0 heterocycles. The molecule has 1 aliphatic carbocycles. The molecule has 0 unspecified atom stereocenters. The van der Waals surface area contributed by atoms with Crippen molar-refractivity contribution in [2.75, 3.05) is 0 Å². The summed E-state index contributed by atoms with van der Waals surface area (Å²) in [5, 5.41) is 20.4. The van der Waals surface area contributed by atoms with E-state index in [1.54, 1.807) is 0 Å². The highest BCUT2D eigenvalue weighted by Crippen LogP contribution is 2.14. The van der Waals surface area contributed by atoms with Gasteiger partial charge in [-0.3, -0.25) is 0 Å². The summed E-state index contributed by atoms with van der Waals surface area (Å²) in [4.78, 5) is 0. The molecule has 52 valence electrons. The van der Waals surface area contributed by atoms with E-state index in [1.165, 1.54) is 0 Å². The standard InChI is InChI=1S/C6H11NO2/c8-6-3-1-2-5(4-6)7-9/h6,8-9H,1-4H2/b7-5-/t6-/m0/s1. The normalized spacial score (nSPS) is 33.0. The molecule has 9 heavy (non-hydrogen) atoms. The fraction of sp³-hybridized carbons (Fsp3) is 0.833. The molecule has 0 aromatic rings. The van der Waals surface area contributed by atoms with Gasteiger partial charge in [-0.1, -0.05) is 5.16 Å². The zero-order valence-electron chi connectivity index (χ0n) is 5.25. The van der Waals surface area contributed by atoms with E-state index < -0.39 is 0 Å². The van der Waals surface area contributed by atoms with Gasteiger partial charge in [0.1, 0.15) is 0 Å². The molecule has 1 rings (SSSR count). The van der Waals surface area contributed by atoms with Crippen LogP contribution in [0.3, 0.4) is 0 Å². The summed E-state index contributed by atoms with van der Waals surface area (Å²) in [6.45, 7) is 0. The Bertz CT molecular complexity index is 122. The molecular formula is C6H11NO2. The van der Waals surface area contributed by atoms with E-state index in [-0.39, 0.29) is 6.10 Å². The van der Waals surface area contributed by atoms with Gasteiger partial charge in [-0.05, 0) is 19.3 Å². The Balaban J connectivity index is 2.41. The predicted octanol–water partition coefficient (Wildman–Crippen LogP) is 0.752. The van der Waals surface area contributed by atoms with E-state index in [0.717, 1.165) is 25.0 Å². The summed E-state index contributed by atoms with van der Waals surface area (Å²) in [7, 11) is 0. The minimum Gasteiger partial charge on any atom is -0.411 e. The van der Waals surface area contributed by atoms with Crippen LogP contribution in [0.1, 0.15) is 25.7 Å². The van der Waals surface area contributed by atoms with E-state index >= 15 is 0 Å². The first-order valence-corrected chi connectivity index (χ1v) is 3.21. The van der Waals surface area contributed by atoms with Crippen molar-refractivity contribution in [2.45, 2.75) is 31.8 Å². The molecule has 0 saturated heterocycles. The molecule has 0 amide bonds. The lowest BCUT2D eigenvalue weighted by Gasteiger charge is -2.16. The Morgan fingerprint density at radius 1 is 1.56 bits per heavy atom. The molecule has 0 radical (unpaired) electrons. The summed E-state index contributed by atoms with van der Waals surface area (Å²) in [6.07, 6.45) is 2.91. The van der Waals surface area contributed by atoms with Gasteiger partial charge in [0.05, 0.1) is 11.8 Å². The van der Waals surface area contributed by atoms with E-state index in [4.69, 9.17) is 10.3 Å². The Labute approximate surface area is 54.0 Å². The van der Waals surface area contributed by atoms with Crippen molar-refractivity contribution < 1.29 is 10.3 Å². The van der Waals surface area contributed by atoms with Crippen molar-refractivity contribution >= 4 is 5.71 Å². The highest BCUT2D eigenvalue weighted by atomic mass is 16.4. The lowest BCUT2D eigenvalue weighted by molar-refractivity contribution is 0.160. The van der Waals surface area contributed by atoms with Crippen LogP contribution >= 0.6 is 0 Å². The third kappa shape index (κ3) is 1.68. The maximum atomic E-state index is 9.02. The van der Waals surface area contributed by atoms with Crippen LogP contribution in [0.15, 0.2) is 5.16 Å². The van der Waals surface area contributed by atoms with Crippen molar-refractivity contribution in [1.29, 1.82) is 0 Å². The fourth-order valence-corrected chi connectivity index (χ4v) is 1.11. The second-order valence-electron chi connectivity index (χ2n) is 2.42. The number of nitrogens with zero attached hydrogens (tertiary/aromatic N) is 1. The van der Waals surface area contributed by atoms with Crippen LogP contribution in [0, 0.1) is 0 Å². The average Bonchev–Trinajstić information content (AvgIpc) is 1.88. The molecule has 1 fully saturated rings.